The topological polar surface area (TPSA) is 61.9 Å². The Balaban J connectivity index is 1.81. The maximum Gasteiger partial charge on any atom is 0.322 e. The molecule has 2 aromatic rings. The summed E-state index contributed by atoms with van der Waals surface area (Å²) in [6, 6.07) is 13.5. The summed E-state index contributed by atoms with van der Waals surface area (Å²) in [5.41, 5.74) is 3.37. The van der Waals surface area contributed by atoms with E-state index >= 15 is 0 Å². The van der Waals surface area contributed by atoms with E-state index in [1.54, 1.807) is 23.8 Å². The van der Waals surface area contributed by atoms with Gasteiger partial charge in [-0.1, -0.05) is 23.8 Å². The Morgan fingerprint density at radius 2 is 1.83 bits per heavy atom. The van der Waals surface area contributed by atoms with E-state index in [0.29, 0.717) is 19.7 Å². The average Bonchev–Trinajstić information content (AvgIpc) is 2.90. The van der Waals surface area contributed by atoms with Crippen LogP contribution in [0.3, 0.4) is 0 Å². The number of hydrogen-bond acceptors (Lipinski definition) is 3. The van der Waals surface area contributed by atoms with Crippen molar-refractivity contribution in [2.75, 3.05) is 25.5 Å². The molecular formula is C23H29N3O3. The first-order valence-corrected chi connectivity index (χ1v) is 9.81. The van der Waals surface area contributed by atoms with Crippen LogP contribution in [0.4, 0.5) is 10.5 Å². The molecule has 3 amide bonds. The van der Waals surface area contributed by atoms with Gasteiger partial charge < -0.3 is 19.9 Å². The zero-order chi connectivity index (χ0) is 21.2. The van der Waals surface area contributed by atoms with Crippen molar-refractivity contribution in [2.45, 2.75) is 39.8 Å². The molecule has 0 fully saturated rings. The lowest BCUT2D eigenvalue weighted by Crippen LogP contribution is -2.41. The van der Waals surface area contributed by atoms with Gasteiger partial charge in [-0.3, -0.25) is 4.79 Å². The van der Waals surface area contributed by atoms with Gasteiger partial charge in [0.2, 0.25) is 5.91 Å². The van der Waals surface area contributed by atoms with Crippen LogP contribution in [0, 0.1) is 6.92 Å². The van der Waals surface area contributed by atoms with Gasteiger partial charge in [0, 0.05) is 25.2 Å². The maximum absolute atomic E-state index is 12.8. The molecule has 0 radical (unpaired) electrons. The van der Waals surface area contributed by atoms with Crippen LogP contribution in [0.2, 0.25) is 0 Å². The summed E-state index contributed by atoms with van der Waals surface area (Å²) in [6.45, 7) is 8.97. The van der Waals surface area contributed by atoms with E-state index < -0.39 is 5.54 Å². The molecule has 6 nitrogen and oxygen atoms in total. The van der Waals surface area contributed by atoms with Crippen molar-refractivity contribution < 1.29 is 14.3 Å². The minimum Gasteiger partial charge on any atom is -0.491 e. The highest BCUT2D eigenvalue weighted by Gasteiger charge is 2.29. The molecule has 6 heteroatoms. The summed E-state index contributed by atoms with van der Waals surface area (Å²) in [7, 11) is 1.80. The molecule has 1 aliphatic heterocycles. The smallest absolute Gasteiger partial charge is 0.322 e. The molecule has 29 heavy (non-hydrogen) atoms. The fourth-order valence-electron chi connectivity index (χ4n) is 3.37. The summed E-state index contributed by atoms with van der Waals surface area (Å²) in [5, 5.41) is 2.95. The van der Waals surface area contributed by atoms with E-state index in [-0.39, 0.29) is 11.9 Å². The van der Waals surface area contributed by atoms with Gasteiger partial charge in [-0.15, -0.1) is 0 Å². The van der Waals surface area contributed by atoms with E-state index in [2.05, 4.69) is 5.32 Å². The lowest BCUT2D eigenvalue weighted by molar-refractivity contribution is -0.132. The van der Waals surface area contributed by atoms with Crippen LogP contribution in [0.15, 0.2) is 42.5 Å². The lowest BCUT2D eigenvalue weighted by Gasteiger charge is -2.36. The first-order chi connectivity index (χ1) is 13.7. The minimum atomic E-state index is -0.470. The molecule has 3 rings (SSSR count). The average molecular weight is 396 g/mol. The quantitative estimate of drug-likeness (QED) is 0.850. The van der Waals surface area contributed by atoms with Crippen molar-refractivity contribution in [1.82, 2.24) is 9.80 Å². The van der Waals surface area contributed by atoms with Crippen molar-refractivity contribution in [3.05, 3.63) is 59.2 Å². The van der Waals surface area contributed by atoms with E-state index in [1.807, 2.05) is 63.2 Å². The molecule has 0 saturated carbocycles. The van der Waals surface area contributed by atoms with E-state index in [0.717, 1.165) is 28.1 Å². The Morgan fingerprint density at radius 1 is 1.14 bits per heavy atom. The predicted octanol–water partition coefficient (Wildman–Crippen LogP) is 4.13. The number of nitrogens with one attached hydrogen (secondary N) is 1. The third-order valence-electron chi connectivity index (χ3n) is 5.65. The predicted molar refractivity (Wildman–Crippen MR) is 114 cm³/mol. The summed E-state index contributed by atoms with van der Waals surface area (Å²) in [6.07, 6.45) is 0. The second-order valence-electron chi connectivity index (χ2n) is 8.03. The number of amides is 3. The molecule has 154 valence electrons. The molecule has 1 aliphatic rings. The standard InChI is InChI=1S/C23H29N3O3/c1-16-6-9-20(10-7-16)24-22(28)26-12-13-29-21-11-8-19(14-18(21)15-26)23(3,4)25(5)17(2)27/h6-11,14H,12-13,15H2,1-5H3,(H,24,28). The van der Waals surface area contributed by atoms with E-state index in [9.17, 15) is 9.59 Å². The lowest BCUT2D eigenvalue weighted by atomic mass is 9.91. The Labute approximate surface area is 172 Å². The van der Waals surface area contributed by atoms with Crippen molar-refractivity contribution in [3.63, 3.8) is 0 Å². The SMILES string of the molecule is CC(=O)N(C)C(C)(C)c1ccc2c(c1)CN(C(=O)Nc1ccc(C)cc1)CCO2. The molecule has 0 aromatic heterocycles. The van der Waals surface area contributed by atoms with Crippen LogP contribution >= 0.6 is 0 Å². The maximum atomic E-state index is 12.8. The number of hydrogen-bond donors (Lipinski definition) is 1. The normalized spacial score (nSPS) is 13.8. The number of rotatable bonds is 3. The van der Waals surface area contributed by atoms with Crippen LogP contribution in [-0.4, -0.2) is 41.9 Å². The Kier molecular flexibility index (Phi) is 5.82. The number of carbonyl (C=O) groups is 2. The third kappa shape index (κ3) is 4.53. The molecule has 1 N–H and O–H groups in total. The number of fused-ring (bicyclic) bond motifs is 1. The number of urea groups is 1. The van der Waals surface area contributed by atoms with Gasteiger partial charge in [-0.25, -0.2) is 4.79 Å². The summed E-state index contributed by atoms with van der Waals surface area (Å²) >= 11 is 0. The van der Waals surface area contributed by atoms with Gasteiger partial charge in [0.1, 0.15) is 12.4 Å². The van der Waals surface area contributed by atoms with Gasteiger partial charge in [-0.2, -0.15) is 0 Å². The van der Waals surface area contributed by atoms with Crippen LogP contribution in [0.5, 0.6) is 5.75 Å². The highest BCUT2D eigenvalue weighted by Crippen LogP contribution is 2.32. The number of nitrogens with zero attached hydrogens (tertiary/aromatic N) is 2. The van der Waals surface area contributed by atoms with E-state index in [1.165, 1.54) is 0 Å². The van der Waals surface area contributed by atoms with E-state index in [4.69, 9.17) is 4.74 Å². The van der Waals surface area contributed by atoms with Gasteiger partial charge in [-0.05, 0) is 50.6 Å². The molecule has 0 aliphatic carbocycles. The third-order valence-corrected chi connectivity index (χ3v) is 5.65. The van der Waals surface area contributed by atoms with Gasteiger partial charge in [0.15, 0.2) is 0 Å². The Hall–Kier alpha value is -3.02. The molecule has 0 saturated heterocycles. The second-order valence-corrected chi connectivity index (χ2v) is 8.03. The zero-order valence-corrected chi connectivity index (χ0v) is 17.8. The number of ether oxygens (including phenoxy) is 1. The Bertz CT molecular complexity index is 906. The van der Waals surface area contributed by atoms with Crippen LogP contribution in [0.25, 0.3) is 0 Å². The highest BCUT2D eigenvalue weighted by molar-refractivity contribution is 5.89. The molecule has 0 atom stereocenters. The molecule has 0 unspecified atom stereocenters. The Morgan fingerprint density at radius 3 is 2.48 bits per heavy atom. The van der Waals surface area contributed by atoms with Crippen molar-refractivity contribution in [1.29, 1.82) is 0 Å². The first-order valence-electron chi connectivity index (χ1n) is 9.81. The molecule has 1 heterocycles. The molecule has 0 spiro atoms. The summed E-state index contributed by atoms with van der Waals surface area (Å²) in [5.74, 6) is 0.779. The van der Waals surface area contributed by atoms with Gasteiger partial charge in [0.05, 0.1) is 18.6 Å². The fourth-order valence-corrected chi connectivity index (χ4v) is 3.37. The monoisotopic (exact) mass is 395 g/mol. The van der Waals surface area contributed by atoms with Crippen molar-refractivity contribution >= 4 is 17.6 Å². The number of anilines is 1. The minimum absolute atomic E-state index is 0.000273. The number of aryl methyl sites for hydroxylation is 1. The van der Waals surface area contributed by atoms with Crippen molar-refractivity contribution in [2.24, 2.45) is 0 Å². The molecule has 2 aromatic carbocycles. The van der Waals surface area contributed by atoms with Crippen molar-refractivity contribution in [3.8, 4) is 5.75 Å². The summed E-state index contributed by atoms with van der Waals surface area (Å²) in [4.78, 5) is 28.1. The molecule has 0 bridgehead atoms. The van der Waals surface area contributed by atoms with Gasteiger partial charge in [0.25, 0.3) is 0 Å². The van der Waals surface area contributed by atoms with Crippen LogP contribution in [-0.2, 0) is 16.9 Å². The number of benzene rings is 2. The van der Waals surface area contributed by atoms with Crippen LogP contribution < -0.4 is 10.1 Å². The summed E-state index contributed by atoms with van der Waals surface area (Å²) < 4.78 is 5.87. The highest BCUT2D eigenvalue weighted by atomic mass is 16.5. The van der Waals surface area contributed by atoms with Crippen LogP contribution in [0.1, 0.15) is 37.5 Å². The molecular weight excluding hydrogens is 366 g/mol. The first kappa shape index (κ1) is 20.7. The fraction of sp³-hybridized carbons (Fsp3) is 0.391. The van der Waals surface area contributed by atoms with Gasteiger partial charge >= 0.3 is 6.03 Å². The largest absolute Gasteiger partial charge is 0.491 e. The zero-order valence-electron chi connectivity index (χ0n) is 17.8. The number of carbonyl (C=O) groups excluding carboxylic acids is 2. The second kappa shape index (κ2) is 8.15.